The van der Waals surface area contributed by atoms with Gasteiger partial charge in [0.25, 0.3) is 0 Å². The average molecular weight is 342 g/mol. The maximum Gasteiger partial charge on any atom is 0.234 e. The van der Waals surface area contributed by atoms with Gasteiger partial charge in [-0.1, -0.05) is 12.1 Å². The van der Waals surface area contributed by atoms with Crippen LogP contribution in [0.25, 0.3) is 0 Å². The molecular weight excluding hydrogens is 314 g/mol. The van der Waals surface area contributed by atoms with Crippen molar-refractivity contribution in [1.29, 1.82) is 0 Å². The number of rotatable bonds is 7. The van der Waals surface area contributed by atoms with E-state index in [9.17, 15) is 4.79 Å². The van der Waals surface area contributed by atoms with Crippen LogP contribution in [0.4, 0.5) is 0 Å². The number of carbonyl (C=O) groups is 1. The van der Waals surface area contributed by atoms with Crippen molar-refractivity contribution in [3.05, 3.63) is 29.8 Å². The first kappa shape index (κ1) is 19.7. The number of halogens is 1. The Kier molecular flexibility index (Phi) is 8.99. The monoisotopic (exact) mass is 341 g/mol. The predicted molar refractivity (Wildman–Crippen MR) is 95.2 cm³/mol. The maximum absolute atomic E-state index is 12.1. The Balaban J connectivity index is 0.00000264. The number of piperidine rings is 1. The van der Waals surface area contributed by atoms with Gasteiger partial charge in [0.1, 0.15) is 5.75 Å². The molecule has 1 heterocycles. The van der Waals surface area contributed by atoms with Gasteiger partial charge in [-0.25, -0.2) is 0 Å². The molecule has 130 valence electrons. The van der Waals surface area contributed by atoms with Crippen molar-refractivity contribution in [2.24, 2.45) is 5.92 Å². The lowest BCUT2D eigenvalue weighted by Crippen LogP contribution is -2.44. The summed E-state index contributed by atoms with van der Waals surface area (Å²) in [7, 11) is 3.63. The molecule has 0 spiro atoms. The molecule has 0 radical (unpaired) electrons. The second kappa shape index (κ2) is 10.5. The molecule has 1 saturated heterocycles. The molecule has 1 fully saturated rings. The largest absolute Gasteiger partial charge is 0.497 e. The van der Waals surface area contributed by atoms with Crippen molar-refractivity contribution < 1.29 is 9.53 Å². The Morgan fingerprint density at radius 1 is 1.43 bits per heavy atom. The zero-order valence-electron chi connectivity index (χ0n) is 14.0. The van der Waals surface area contributed by atoms with Crippen LogP contribution in [0.3, 0.4) is 0 Å². The van der Waals surface area contributed by atoms with Gasteiger partial charge in [-0.3, -0.25) is 9.69 Å². The number of ether oxygens (including phenoxy) is 1. The van der Waals surface area contributed by atoms with E-state index in [-0.39, 0.29) is 18.3 Å². The minimum atomic E-state index is 0. The Morgan fingerprint density at radius 3 is 3.00 bits per heavy atom. The van der Waals surface area contributed by atoms with E-state index >= 15 is 0 Å². The van der Waals surface area contributed by atoms with Crippen molar-refractivity contribution >= 4 is 18.3 Å². The second-order valence-electron chi connectivity index (χ2n) is 5.93. The quantitative estimate of drug-likeness (QED) is 0.792. The standard InChI is InChI=1S/C17H27N3O2.ClH/c1-18-10-15-6-4-8-20(12-15)13-17(21)19-11-14-5-3-7-16(9-14)22-2;/h3,5,7,9,15,18H,4,6,8,10-13H2,1-2H3,(H,19,21);1H. The van der Waals surface area contributed by atoms with E-state index in [4.69, 9.17) is 4.74 Å². The summed E-state index contributed by atoms with van der Waals surface area (Å²) in [6, 6.07) is 7.78. The van der Waals surface area contributed by atoms with Crippen molar-refractivity contribution in [3.8, 4) is 5.75 Å². The SMILES string of the molecule is CNCC1CCCN(CC(=O)NCc2cccc(OC)c2)C1.Cl. The predicted octanol–water partition coefficient (Wildman–Crippen LogP) is 1.66. The summed E-state index contributed by atoms with van der Waals surface area (Å²) in [5, 5.41) is 6.22. The third-order valence-corrected chi connectivity index (χ3v) is 4.09. The second-order valence-corrected chi connectivity index (χ2v) is 5.93. The van der Waals surface area contributed by atoms with Gasteiger partial charge in [0, 0.05) is 13.1 Å². The van der Waals surface area contributed by atoms with Crippen LogP contribution in [-0.2, 0) is 11.3 Å². The molecule has 1 aromatic carbocycles. The average Bonchev–Trinajstić information content (AvgIpc) is 2.54. The minimum Gasteiger partial charge on any atom is -0.497 e. The van der Waals surface area contributed by atoms with Crippen molar-refractivity contribution in [2.45, 2.75) is 19.4 Å². The number of amides is 1. The first-order chi connectivity index (χ1) is 10.7. The summed E-state index contributed by atoms with van der Waals surface area (Å²) in [4.78, 5) is 14.4. The summed E-state index contributed by atoms with van der Waals surface area (Å²) in [5.41, 5.74) is 1.06. The minimum absolute atomic E-state index is 0. The maximum atomic E-state index is 12.1. The molecule has 23 heavy (non-hydrogen) atoms. The van der Waals surface area contributed by atoms with Crippen molar-refractivity contribution in [3.63, 3.8) is 0 Å². The molecular formula is C17H28ClN3O2. The molecule has 1 aliphatic rings. The van der Waals surface area contributed by atoms with Gasteiger partial charge in [-0.15, -0.1) is 12.4 Å². The number of likely N-dealkylation sites (tertiary alicyclic amines) is 1. The molecule has 2 rings (SSSR count). The van der Waals surface area contributed by atoms with Gasteiger partial charge >= 0.3 is 0 Å². The summed E-state index contributed by atoms with van der Waals surface area (Å²) in [5.74, 6) is 1.57. The first-order valence-corrected chi connectivity index (χ1v) is 7.98. The normalized spacial score (nSPS) is 18.1. The van der Waals surface area contributed by atoms with Crippen LogP contribution in [0.2, 0.25) is 0 Å². The fourth-order valence-electron chi connectivity index (χ4n) is 2.99. The molecule has 1 amide bonds. The van der Waals surface area contributed by atoms with Gasteiger partial charge in [0.2, 0.25) is 5.91 Å². The highest BCUT2D eigenvalue weighted by Gasteiger charge is 2.20. The summed E-state index contributed by atoms with van der Waals surface area (Å²) in [6.07, 6.45) is 2.43. The van der Waals surface area contributed by atoms with Crippen molar-refractivity contribution in [2.75, 3.05) is 40.3 Å². The van der Waals surface area contributed by atoms with E-state index in [2.05, 4.69) is 15.5 Å². The molecule has 1 aliphatic heterocycles. The highest BCUT2D eigenvalue weighted by Crippen LogP contribution is 2.15. The van der Waals surface area contributed by atoms with Gasteiger partial charge in [-0.05, 0) is 56.6 Å². The smallest absolute Gasteiger partial charge is 0.234 e. The zero-order valence-corrected chi connectivity index (χ0v) is 14.8. The van der Waals surface area contributed by atoms with Crippen molar-refractivity contribution in [1.82, 2.24) is 15.5 Å². The van der Waals surface area contributed by atoms with E-state index in [1.165, 1.54) is 12.8 Å². The van der Waals surface area contributed by atoms with E-state index in [1.54, 1.807) is 7.11 Å². The molecule has 1 unspecified atom stereocenters. The first-order valence-electron chi connectivity index (χ1n) is 7.98. The topological polar surface area (TPSA) is 53.6 Å². The fraction of sp³-hybridized carbons (Fsp3) is 0.588. The molecule has 2 N–H and O–H groups in total. The number of methoxy groups -OCH3 is 1. The number of benzene rings is 1. The Hall–Kier alpha value is -1.30. The van der Waals surface area contributed by atoms with E-state index in [0.29, 0.717) is 19.0 Å². The van der Waals surface area contributed by atoms with E-state index in [0.717, 1.165) is 30.9 Å². The molecule has 0 aliphatic carbocycles. The fourth-order valence-corrected chi connectivity index (χ4v) is 2.99. The lowest BCUT2D eigenvalue weighted by Gasteiger charge is -2.32. The number of carbonyl (C=O) groups excluding carboxylic acids is 1. The van der Waals surface area contributed by atoms with E-state index < -0.39 is 0 Å². The molecule has 0 saturated carbocycles. The summed E-state index contributed by atoms with van der Waals surface area (Å²) >= 11 is 0. The third-order valence-electron chi connectivity index (χ3n) is 4.09. The highest BCUT2D eigenvalue weighted by atomic mass is 35.5. The Bertz CT molecular complexity index is 483. The van der Waals surface area contributed by atoms with Crippen LogP contribution >= 0.6 is 12.4 Å². The number of hydrogen-bond acceptors (Lipinski definition) is 4. The summed E-state index contributed by atoms with van der Waals surface area (Å²) < 4.78 is 5.19. The Morgan fingerprint density at radius 2 is 2.26 bits per heavy atom. The zero-order chi connectivity index (χ0) is 15.8. The van der Waals surface area contributed by atoms with Crippen LogP contribution < -0.4 is 15.4 Å². The van der Waals surface area contributed by atoms with Gasteiger partial charge in [-0.2, -0.15) is 0 Å². The lowest BCUT2D eigenvalue weighted by molar-refractivity contribution is -0.122. The molecule has 5 nitrogen and oxygen atoms in total. The molecule has 0 aromatic heterocycles. The lowest BCUT2D eigenvalue weighted by atomic mass is 9.98. The van der Waals surface area contributed by atoms with Crippen LogP contribution in [0, 0.1) is 5.92 Å². The van der Waals surface area contributed by atoms with Crippen LogP contribution in [0.15, 0.2) is 24.3 Å². The van der Waals surface area contributed by atoms with Gasteiger partial charge in [0.05, 0.1) is 13.7 Å². The van der Waals surface area contributed by atoms with Crippen LogP contribution in [-0.4, -0.2) is 51.1 Å². The number of nitrogens with zero attached hydrogens (tertiary/aromatic N) is 1. The molecule has 6 heteroatoms. The molecule has 1 atom stereocenters. The van der Waals surface area contributed by atoms with Gasteiger partial charge < -0.3 is 15.4 Å². The van der Waals surface area contributed by atoms with Crippen LogP contribution in [0.5, 0.6) is 5.75 Å². The van der Waals surface area contributed by atoms with Gasteiger partial charge in [0.15, 0.2) is 0 Å². The van der Waals surface area contributed by atoms with E-state index in [1.807, 2.05) is 31.3 Å². The third kappa shape index (κ3) is 6.77. The number of hydrogen-bond donors (Lipinski definition) is 2. The summed E-state index contributed by atoms with van der Waals surface area (Å²) in [6.45, 7) is 4.09. The molecule has 1 aromatic rings. The Labute approximate surface area is 145 Å². The molecule has 0 bridgehead atoms. The number of nitrogens with one attached hydrogen (secondary N) is 2. The van der Waals surface area contributed by atoms with Crippen LogP contribution in [0.1, 0.15) is 18.4 Å². The highest BCUT2D eigenvalue weighted by molar-refractivity contribution is 5.85.